The molecule has 4 aliphatic rings. The predicted octanol–water partition coefficient (Wildman–Crippen LogP) is 7.12. The van der Waals surface area contributed by atoms with Crippen molar-refractivity contribution < 1.29 is 4.74 Å². The van der Waals surface area contributed by atoms with Crippen LogP contribution >= 0.6 is 0 Å². The van der Waals surface area contributed by atoms with Gasteiger partial charge in [-0.2, -0.15) is 5.01 Å². The number of hydrogen-bond donors (Lipinski definition) is 0. The van der Waals surface area contributed by atoms with Crippen molar-refractivity contribution in [3.8, 4) is 0 Å². The maximum atomic E-state index is 5.59. The summed E-state index contributed by atoms with van der Waals surface area (Å²) in [6.45, 7) is 15.3. The topological polar surface area (TPSA) is 19.0 Å². The smallest absolute Gasteiger partial charge is 0.116 e. The Labute approximate surface area is 213 Å². The second-order valence-corrected chi connectivity index (χ2v) is 9.35. The van der Waals surface area contributed by atoms with Gasteiger partial charge in [0.05, 0.1) is 18.3 Å². The number of ether oxygens (including phenoxy) is 1. The number of nitrogens with zero attached hydrogens (tertiary/aromatic N) is 3. The maximum absolute atomic E-state index is 5.59. The van der Waals surface area contributed by atoms with Crippen LogP contribution < -0.4 is 0 Å². The van der Waals surface area contributed by atoms with E-state index in [0.29, 0.717) is 12.8 Å². The van der Waals surface area contributed by atoms with Crippen LogP contribution in [0.4, 0.5) is 0 Å². The van der Waals surface area contributed by atoms with Gasteiger partial charge in [0.1, 0.15) is 6.73 Å². The van der Waals surface area contributed by atoms with Gasteiger partial charge < -0.3 is 14.6 Å². The fourth-order valence-electron chi connectivity index (χ4n) is 4.59. The van der Waals surface area contributed by atoms with E-state index < -0.39 is 0 Å². The molecule has 35 heavy (non-hydrogen) atoms. The van der Waals surface area contributed by atoms with Gasteiger partial charge in [0, 0.05) is 37.5 Å². The average Bonchev–Trinajstić information content (AvgIpc) is 3.61. The minimum absolute atomic E-state index is 0.345. The van der Waals surface area contributed by atoms with Crippen LogP contribution in [0.2, 0.25) is 0 Å². The van der Waals surface area contributed by atoms with E-state index in [1.807, 2.05) is 19.9 Å². The van der Waals surface area contributed by atoms with Crippen molar-refractivity contribution in [2.24, 2.45) is 0 Å². The lowest BCUT2D eigenvalue weighted by Gasteiger charge is -2.37. The van der Waals surface area contributed by atoms with Gasteiger partial charge in [0.15, 0.2) is 0 Å². The molecule has 0 radical (unpaired) electrons. The Hall–Kier alpha value is -2.56. The van der Waals surface area contributed by atoms with Crippen molar-refractivity contribution in [3.05, 3.63) is 89.7 Å². The molecule has 1 aromatic rings. The summed E-state index contributed by atoms with van der Waals surface area (Å²) in [4.78, 5) is 2.37. The van der Waals surface area contributed by atoms with Gasteiger partial charge in [-0.15, -0.1) is 6.58 Å². The summed E-state index contributed by atoms with van der Waals surface area (Å²) in [7, 11) is 2.20. The van der Waals surface area contributed by atoms with Crippen molar-refractivity contribution >= 4 is 5.70 Å². The monoisotopic (exact) mass is 475 g/mol. The van der Waals surface area contributed by atoms with Gasteiger partial charge in [-0.25, -0.2) is 0 Å². The van der Waals surface area contributed by atoms with E-state index in [1.54, 1.807) is 0 Å². The molecular formula is C31H45N3O. The summed E-state index contributed by atoms with van der Waals surface area (Å²) < 4.78 is 5.59. The molecular weight excluding hydrogens is 430 g/mol. The molecule has 4 heteroatoms. The second-order valence-electron chi connectivity index (χ2n) is 9.35. The first kappa shape index (κ1) is 27.0. The highest BCUT2D eigenvalue weighted by Crippen LogP contribution is 2.41. The lowest BCUT2D eigenvalue weighted by molar-refractivity contribution is -0.0140. The van der Waals surface area contributed by atoms with Crippen LogP contribution in [0.25, 0.3) is 5.70 Å². The van der Waals surface area contributed by atoms with Crippen molar-refractivity contribution in [2.45, 2.75) is 65.3 Å². The van der Waals surface area contributed by atoms with E-state index >= 15 is 0 Å². The zero-order chi connectivity index (χ0) is 25.2. The molecule has 1 saturated carbocycles. The van der Waals surface area contributed by atoms with Gasteiger partial charge in [0.25, 0.3) is 0 Å². The summed E-state index contributed by atoms with van der Waals surface area (Å²) in [5, 5.41) is 4.62. The molecule has 0 spiro atoms. The van der Waals surface area contributed by atoms with Crippen LogP contribution in [0.1, 0.15) is 70.4 Å². The summed E-state index contributed by atoms with van der Waals surface area (Å²) in [6, 6.07) is 9.53. The summed E-state index contributed by atoms with van der Waals surface area (Å²) in [6.07, 6.45) is 18.4. The maximum Gasteiger partial charge on any atom is 0.116 e. The molecule has 3 aliphatic heterocycles. The molecule has 5 rings (SSSR count). The van der Waals surface area contributed by atoms with E-state index in [2.05, 4.69) is 97.2 Å². The number of hydrazine groups is 1. The Morgan fingerprint density at radius 3 is 2.60 bits per heavy atom. The third-order valence-corrected chi connectivity index (χ3v) is 6.62. The summed E-state index contributed by atoms with van der Waals surface area (Å²) >= 11 is 0. The Kier molecular flexibility index (Phi) is 10.4. The average molecular weight is 476 g/mol. The van der Waals surface area contributed by atoms with E-state index in [4.69, 9.17) is 4.74 Å². The van der Waals surface area contributed by atoms with Gasteiger partial charge in [-0.1, -0.05) is 75.8 Å². The van der Waals surface area contributed by atoms with E-state index in [1.165, 1.54) is 47.2 Å². The third kappa shape index (κ3) is 6.99. The van der Waals surface area contributed by atoms with Crippen LogP contribution in [0.5, 0.6) is 0 Å². The van der Waals surface area contributed by atoms with E-state index in [0.717, 1.165) is 32.0 Å². The number of allylic oxidation sites excluding steroid dienone is 5. The van der Waals surface area contributed by atoms with Crippen molar-refractivity contribution in [3.63, 3.8) is 0 Å². The minimum Gasteiger partial charge on any atom is -0.370 e. The van der Waals surface area contributed by atoms with Crippen LogP contribution in [-0.2, 0) is 4.74 Å². The highest BCUT2D eigenvalue weighted by molar-refractivity contribution is 5.77. The highest BCUT2D eigenvalue weighted by Gasteiger charge is 2.27. The molecule has 1 aliphatic carbocycles. The SMILES string of the molecule is C=CCCC.CC.CC1C=CC(C2=C(c3cccc(C4CC4)c3)N(C)CC=C2)=CN1N1CCOC1. The van der Waals surface area contributed by atoms with Gasteiger partial charge >= 0.3 is 0 Å². The van der Waals surface area contributed by atoms with Crippen molar-refractivity contribution in [1.82, 2.24) is 14.9 Å². The number of hydrogen-bond acceptors (Lipinski definition) is 4. The van der Waals surface area contributed by atoms with E-state index in [-0.39, 0.29) is 0 Å². The molecule has 1 aromatic carbocycles. The first-order valence-electron chi connectivity index (χ1n) is 13.5. The molecule has 0 amide bonds. The van der Waals surface area contributed by atoms with Crippen molar-refractivity contribution in [1.29, 1.82) is 0 Å². The molecule has 0 bridgehead atoms. The standard InChI is InChI=1S/C24H29N3O.C5H10.C2H6/c1-18-8-9-22(16-27(18)26-13-14-28-17-26)23-7-4-12-25(2)24(23)21-6-3-5-20(15-21)19-10-11-19;1-3-5-4-2;1-2/h3-9,15-16,18-19H,10-14,17H2,1-2H3;3H,1,4-5H2,2H3;1-2H3. The Bertz CT molecular complexity index is 948. The van der Waals surface area contributed by atoms with E-state index in [9.17, 15) is 0 Å². The number of unbranched alkanes of at least 4 members (excludes halogenated alkanes) is 1. The van der Waals surface area contributed by atoms with Gasteiger partial charge in [-0.05, 0) is 49.3 Å². The molecule has 3 heterocycles. The Morgan fingerprint density at radius 1 is 1.17 bits per heavy atom. The second kappa shape index (κ2) is 13.5. The molecule has 2 fully saturated rings. The molecule has 0 N–H and O–H groups in total. The number of likely N-dealkylation sites (N-methyl/N-ethyl adjacent to an activating group) is 1. The number of benzene rings is 1. The van der Waals surface area contributed by atoms with Crippen LogP contribution in [0.3, 0.4) is 0 Å². The molecule has 0 aromatic heterocycles. The number of rotatable bonds is 6. The fraction of sp³-hybridized carbons (Fsp3) is 0.484. The van der Waals surface area contributed by atoms with Crippen LogP contribution in [-0.4, -0.2) is 54.4 Å². The Morgan fingerprint density at radius 2 is 1.97 bits per heavy atom. The molecule has 4 nitrogen and oxygen atoms in total. The molecule has 1 unspecified atom stereocenters. The first-order chi connectivity index (χ1) is 17.1. The quantitative estimate of drug-likeness (QED) is 0.408. The molecule has 1 saturated heterocycles. The summed E-state index contributed by atoms with van der Waals surface area (Å²) in [5.41, 5.74) is 6.71. The molecule has 190 valence electrons. The third-order valence-electron chi connectivity index (χ3n) is 6.62. The highest BCUT2D eigenvalue weighted by atomic mass is 16.5. The lowest BCUT2D eigenvalue weighted by atomic mass is 9.93. The van der Waals surface area contributed by atoms with Crippen molar-refractivity contribution in [2.75, 3.05) is 33.5 Å². The van der Waals surface area contributed by atoms with Gasteiger partial charge in [0.2, 0.25) is 0 Å². The largest absolute Gasteiger partial charge is 0.370 e. The molecule has 1 atom stereocenters. The van der Waals surface area contributed by atoms with Crippen LogP contribution in [0.15, 0.2) is 78.6 Å². The first-order valence-corrected chi connectivity index (χ1v) is 13.5. The lowest BCUT2D eigenvalue weighted by Crippen LogP contribution is -2.43. The fourth-order valence-corrected chi connectivity index (χ4v) is 4.59. The Balaban J connectivity index is 0.000000438. The zero-order valence-corrected chi connectivity index (χ0v) is 22.5. The minimum atomic E-state index is 0.345. The zero-order valence-electron chi connectivity index (χ0n) is 22.5. The normalized spacial score (nSPS) is 21.7. The summed E-state index contributed by atoms with van der Waals surface area (Å²) in [5.74, 6) is 0.772. The predicted molar refractivity (Wildman–Crippen MR) is 150 cm³/mol. The van der Waals surface area contributed by atoms with Crippen LogP contribution in [0, 0.1) is 0 Å². The van der Waals surface area contributed by atoms with Gasteiger partial charge in [-0.3, -0.25) is 0 Å².